The van der Waals surface area contributed by atoms with E-state index in [9.17, 15) is 19.2 Å². The Hall–Kier alpha value is -2.94. The third-order valence-corrected chi connectivity index (χ3v) is 4.28. The SMILES string of the molecule is CCOC(=O)NC(=O)C[NH+](CC)CC(=O)Nc1cccc(C(=O)N(CC)CC)c1. The topological polar surface area (TPSA) is 109 Å². The van der Waals surface area contributed by atoms with Gasteiger partial charge in [-0.3, -0.25) is 19.7 Å². The molecule has 1 unspecified atom stereocenters. The van der Waals surface area contributed by atoms with Gasteiger partial charge in [-0.25, -0.2) is 4.79 Å². The van der Waals surface area contributed by atoms with E-state index in [1.165, 1.54) is 0 Å². The summed E-state index contributed by atoms with van der Waals surface area (Å²) < 4.78 is 4.66. The summed E-state index contributed by atoms with van der Waals surface area (Å²) in [6, 6.07) is 6.76. The molecule has 0 spiro atoms. The molecule has 0 aliphatic rings. The largest absolute Gasteiger partial charge is 0.450 e. The van der Waals surface area contributed by atoms with E-state index < -0.39 is 12.0 Å². The first-order valence-corrected chi connectivity index (χ1v) is 9.83. The van der Waals surface area contributed by atoms with Gasteiger partial charge in [0.05, 0.1) is 13.2 Å². The number of nitrogens with one attached hydrogen (secondary N) is 3. The van der Waals surface area contributed by atoms with Gasteiger partial charge in [0.25, 0.3) is 17.7 Å². The molecular weight excluding hydrogens is 376 g/mol. The number of ether oxygens (including phenoxy) is 1. The number of quaternary nitrogens is 1. The number of carbonyl (C=O) groups excluding carboxylic acids is 4. The first-order valence-electron chi connectivity index (χ1n) is 9.83. The van der Waals surface area contributed by atoms with E-state index in [1.807, 2.05) is 20.8 Å². The van der Waals surface area contributed by atoms with E-state index >= 15 is 0 Å². The van der Waals surface area contributed by atoms with Crippen LogP contribution in [0.3, 0.4) is 0 Å². The maximum atomic E-state index is 12.5. The lowest BCUT2D eigenvalue weighted by atomic mass is 10.1. The zero-order valence-electron chi connectivity index (χ0n) is 17.5. The van der Waals surface area contributed by atoms with Gasteiger partial charge in [0.2, 0.25) is 0 Å². The number of amides is 4. The second kappa shape index (κ2) is 12.5. The fourth-order valence-corrected chi connectivity index (χ4v) is 2.72. The lowest BCUT2D eigenvalue weighted by Gasteiger charge is -2.19. The van der Waals surface area contributed by atoms with E-state index in [0.717, 1.165) is 0 Å². The Morgan fingerprint density at radius 2 is 1.66 bits per heavy atom. The van der Waals surface area contributed by atoms with Gasteiger partial charge in [-0.2, -0.15) is 0 Å². The predicted octanol–water partition coefficient (Wildman–Crippen LogP) is 0.285. The minimum atomic E-state index is -0.799. The van der Waals surface area contributed by atoms with Crippen LogP contribution in [0.15, 0.2) is 24.3 Å². The van der Waals surface area contributed by atoms with Crippen molar-refractivity contribution in [2.75, 3.05) is 44.6 Å². The smallest absolute Gasteiger partial charge is 0.414 e. The van der Waals surface area contributed by atoms with Crippen LogP contribution < -0.4 is 15.5 Å². The van der Waals surface area contributed by atoms with Crippen molar-refractivity contribution in [1.82, 2.24) is 10.2 Å². The standard InChI is InChI=1S/C20H30N4O5/c1-5-23(14-18(26)22-20(28)29-8-4)13-17(25)21-16-11-9-10-15(12-16)19(27)24(6-2)7-3/h9-12H,5-8,13-14H2,1-4H3,(H,21,25)(H,22,26,28)/p+1. The molecule has 1 atom stereocenters. The van der Waals surface area contributed by atoms with Crippen LogP contribution in [0, 0.1) is 0 Å². The van der Waals surface area contributed by atoms with Crippen molar-refractivity contribution in [3.63, 3.8) is 0 Å². The van der Waals surface area contributed by atoms with Crippen LogP contribution in [0.4, 0.5) is 10.5 Å². The van der Waals surface area contributed by atoms with Crippen LogP contribution in [0.1, 0.15) is 38.1 Å². The zero-order valence-corrected chi connectivity index (χ0v) is 17.5. The summed E-state index contributed by atoms with van der Waals surface area (Å²) in [6.45, 7) is 9.20. The van der Waals surface area contributed by atoms with Crippen LogP contribution in [-0.4, -0.2) is 68.0 Å². The van der Waals surface area contributed by atoms with Gasteiger partial charge in [0.15, 0.2) is 13.1 Å². The van der Waals surface area contributed by atoms with Gasteiger partial charge in [-0.15, -0.1) is 0 Å². The van der Waals surface area contributed by atoms with Gasteiger partial charge in [-0.05, 0) is 45.9 Å². The average Bonchev–Trinajstić information content (AvgIpc) is 2.68. The second-order valence-corrected chi connectivity index (χ2v) is 6.33. The number of hydrogen-bond donors (Lipinski definition) is 3. The molecule has 1 aromatic carbocycles. The van der Waals surface area contributed by atoms with E-state index in [2.05, 4.69) is 15.4 Å². The fraction of sp³-hybridized carbons (Fsp3) is 0.500. The Labute approximate surface area is 171 Å². The molecule has 0 saturated carbocycles. The Bertz CT molecular complexity index is 719. The number of anilines is 1. The van der Waals surface area contributed by atoms with Crippen LogP contribution in [0.25, 0.3) is 0 Å². The molecule has 29 heavy (non-hydrogen) atoms. The molecule has 1 rings (SSSR count). The van der Waals surface area contributed by atoms with Gasteiger partial charge >= 0.3 is 6.09 Å². The monoisotopic (exact) mass is 407 g/mol. The summed E-state index contributed by atoms with van der Waals surface area (Å²) >= 11 is 0. The second-order valence-electron chi connectivity index (χ2n) is 6.33. The maximum absolute atomic E-state index is 12.5. The van der Waals surface area contributed by atoms with Gasteiger partial charge in [0, 0.05) is 24.3 Å². The van der Waals surface area contributed by atoms with Gasteiger partial charge in [-0.1, -0.05) is 6.07 Å². The van der Waals surface area contributed by atoms with E-state index in [0.29, 0.717) is 35.8 Å². The summed E-state index contributed by atoms with van der Waals surface area (Å²) in [6.07, 6.45) is -0.799. The molecule has 0 heterocycles. The first-order chi connectivity index (χ1) is 13.8. The summed E-state index contributed by atoms with van der Waals surface area (Å²) in [5.74, 6) is -0.902. The van der Waals surface area contributed by atoms with Crippen molar-refractivity contribution < 1.29 is 28.8 Å². The Balaban J connectivity index is 2.66. The number of hydrogen-bond acceptors (Lipinski definition) is 5. The highest BCUT2D eigenvalue weighted by molar-refractivity contribution is 5.97. The lowest BCUT2D eigenvalue weighted by Crippen LogP contribution is -3.14. The molecule has 0 fully saturated rings. The molecule has 0 aliphatic carbocycles. The number of carbonyl (C=O) groups is 4. The van der Waals surface area contributed by atoms with Crippen molar-refractivity contribution in [2.45, 2.75) is 27.7 Å². The molecular formula is C20H31N4O5+. The Kier molecular flexibility index (Phi) is 10.4. The average molecular weight is 407 g/mol. The van der Waals surface area contributed by atoms with Crippen LogP contribution in [-0.2, 0) is 14.3 Å². The molecule has 9 nitrogen and oxygen atoms in total. The van der Waals surface area contributed by atoms with Crippen molar-refractivity contribution in [3.8, 4) is 0 Å². The predicted molar refractivity (Wildman–Crippen MR) is 109 cm³/mol. The number of alkyl carbamates (subject to hydrolysis) is 1. The lowest BCUT2D eigenvalue weighted by molar-refractivity contribution is -0.881. The number of rotatable bonds is 10. The molecule has 1 aromatic rings. The van der Waals surface area contributed by atoms with E-state index in [4.69, 9.17) is 0 Å². The third kappa shape index (κ3) is 8.30. The van der Waals surface area contributed by atoms with E-state index in [1.54, 1.807) is 36.1 Å². The summed E-state index contributed by atoms with van der Waals surface area (Å²) in [7, 11) is 0. The molecule has 4 amide bonds. The molecule has 3 N–H and O–H groups in total. The number of nitrogens with zero attached hydrogens (tertiary/aromatic N) is 1. The normalized spacial score (nSPS) is 11.3. The molecule has 0 aromatic heterocycles. The van der Waals surface area contributed by atoms with Crippen LogP contribution in [0.5, 0.6) is 0 Å². The zero-order chi connectivity index (χ0) is 21.8. The van der Waals surface area contributed by atoms with Crippen LogP contribution in [0.2, 0.25) is 0 Å². The summed E-state index contributed by atoms with van der Waals surface area (Å²) in [5, 5.41) is 4.87. The van der Waals surface area contributed by atoms with Gasteiger partial charge < -0.3 is 19.9 Å². The van der Waals surface area contributed by atoms with Gasteiger partial charge in [0.1, 0.15) is 0 Å². The fourth-order valence-electron chi connectivity index (χ4n) is 2.72. The highest BCUT2D eigenvalue weighted by Crippen LogP contribution is 2.12. The Morgan fingerprint density at radius 3 is 2.24 bits per heavy atom. The molecule has 0 saturated heterocycles. The van der Waals surface area contributed by atoms with Crippen molar-refractivity contribution >= 4 is 29.5 Å². The number of benzene rings is 1. The molecule has 9 heteroatoms. The van der Waals surface area contributed by atoms with Crippen molar-refractivity contribution in [2.24, 2.45) is 0 Å². The van der Waals surface area contributed by atoms with Crippen molar-refractivity contribution in [1.29, 1.82) is 0 Å². The Morgan fingerprint density at radius 1 is 1.00 bits per heavy atom. The minimum absolute atomic E-state index is 0.0385. The molecule has 160 valence electrons. The molecule has 0 bridgehead atoms. The third-order valence-electron chi connectivity index (χ3n) is 4.28. The van der Waals surface area contributed by atoms with Crippen molar-refractivity contribution in [3.05, 3.63) is 29.8 Å². The van der Waals surface area contributed by atoms with E-state index in [-0.39, 0.29) is 31.5 Å². The highest BCUT2D eigenvalue weighted by atomic mass is 16.5. The first kappa shape index (κ1) is 24.1. The number of imide groups is 1. The quantitative estimate of drug-likeness (QED) is 0.516. The summed E-state index contributed by atoms with van der Waals surface area (Å²) in [4.78, 5) is 50.4. The highest BCUT2D eigenvalue weighted by Gasteiger charge is 2.19. The molecule has 0 radical (unpaired) electrons. The minimum Gasteiger partial charge on any atom is -0.450 e. The molecule has 0 aliphatic heterocycles. The maximum Gasteiger partial charge on any atom is 0.414 e. The summed E-state index contributed by atoms with van der Waals surface area (Å²) in [5.41, 5.74) is 1.01. The number of likely N-dealkylation sites (N-methyl/N-ethyl adjacent to an activating group) is 1. The van der Waals surface area contributed by atoms with Crippen LogP contribution >= 0.6 is 0 Å².